The molecule has 442 valence electrons. The summed E-state index contributed by atoms with van der Waals surface area (Å²) in [6.07, 6.45) is 4.93. The second-order valence-electron chi connectivity index (χ2n) is 16.9. The van der Waals surface area contributed by atoms with Crippen molar-refractivity contribution in [3.8, 4) is 0 Å². The predicted octanol–water partition coefficient (Wildman–Crippen LogP) is -1.18. The van der Waals surface area contributed by atoms with Gasteiger partial charge in [-0.05, 0) is 79.1 Å². The molecule has 75 heavy (non-hydrogen) atoms. The first-order valence-electron chi connectivity index (χ1n) is 27.0. The lowest BCUT2D eigenvalue weighted by molar-refractivity contribution is -0.132. The van der Waals surface area contributed by atoms with E-state index in [0.29, 0.717) is 164 Å². The minimum Gasteiger partial charge on any atom is -0.379 e. The first kappa shape index (κ1) is 71.8. The zero-order chi connectivity index (χ0) is 54.8. The third-order valence-corrected chi connectivity index (χ3v) is 10.5. The van der Waals surface area contributed by atoms with Crippen LogP contribution in [0.4, 0.5) is 0 Å². The largest absolute Gasteiger partial charge is 0.379 e. The van der Waals surface area contributed by atoms with Gasteiger partial charge in [0.15, 0.2) is 0 Å². The van der Waals surface area contributed by atoms with E-state index in [-0.39, 0.29) is 70.3 Å². The summed E-state index contributed by atoms with van der Waals surface area (Å²) >= 11 is 0. The number of amides is 5. The normalized spacial score (nSPS) is 12.1. The van der Waals surface area contributed by atoms with Crippen LogP contribution in [-0.4, -0.2) is 254 Å². The second kappa shape index (κ2) is 58.4. The molecule has 0 heterocycles. The first-order valence-corrected chi connectivity index (χ1v) is 27.0. The lowest BCUT2D eigenvalue weighted by atomic mass is 10.1. The number of unbranched alkanes of at least 4 members (excludes halogenated alkanes) is 3. The fourth-order valence-corrected chi connectivity index (χ4v) is 6.31. The third-order valence-electron chi connectivity index (χ3n) is 10.5. The highest BCUT2D eigenvalue weighted by molar-refractivity contribution is 5.91. The van der Waals surface area contributed by atoms with E-state index < -0.39 is 29.8 Å². The Morgan fingerprint density at radius 2 is 0.627 bits per heavy atom. The highest BCUT2D eigenvalue weighted by Crippen LogP contribution is 2.06. The summed E-state index contributed by atoms with van der Waals surface area (Å²) in [7, 11) is 5.66. The quantitative estimate of drug-likeness (QED) is 0.0333. The van der Waals surface area contributed by atoms with Crippen molar-refractivity contribution in [1.29, 1.82) is 0 Å². The lowest BCUT2D eigenvalue weighted by Gasteiger charge is -2.22. The number of rotatable bonds is 61. The number of nitrogens with two attached hydrogens (primary N) is 1. The second-order valence-corrected chi connectivity index (χ2v) is 16.9. The standard InChI is InChI=1S/C50H100N8O17/c1-52-15-8-9-20-64-26-32-70-38-39-71-33-27-66-22-13-47(60)56-17-7-5-11-45(57-48(61)14-23-67-29-35-73-41-43-75-37-31-69-25-19-54-3)50(63)58-44(49(51)62)10-4-6-16-55-46(59)12-21-65-28-34-72-40-42-74-36-30-68-24-18-53-2/h44-45,52-54H,4-43H2,1-3H3,(H2,51,62)(H,55,59)(H,56,60)(H,57,61)(H,58,63). The lowest BCUT2D eigenvalue weighted by Crippen LogP contribution is -2.53. The summed E-state index contributed by atoms with van der Waals surface area (Å²) in [5.74, 6) is -2.05. The summed E-state index contributed by atoms with van der Waals surface area (Å²) in [5, 5.41) is 20.3. The van der Waals surface area contributed by atoms with Crippen molar-refractivity contribution in [2.75, 3.05) is 212 Å². The molecule has 25 heteroatoms. The van der Waals surface area contributed by atoms with Crippen molar-refractivity contribution in [3.05, 3.63) is 0 Å². The van der Waals surface area contributed by atoms with Crippen LogP contribution in [0.3, 0.4) is 0 Å². The molecule has 0 spiro atoms. The number of hydrogen-bond acceptors (Lipinski definition) is 20. The molecule has 0 radical (unpaired) electrons. The molecule has 2 atom stereocenters. The van der Waals surface area contributed by atoms with E-state index in [0.717, 1.165) is 39.1 Å². The first-order chi connectivity index (χ1) is 36.7. The van der Waals surface area contributed by atoms with Gasteiger partial charge in [0.05, 0.1) is 152 Å². The highest BCUT2D eigenvalue weighted by Gasteiger charge is 2.25. The molecule has 0 aliphatic rings. The number of nitrogens with one attached hydrogen (secondary N) is 7. The minimum absolute atomic E-state index is 0.0108. The van der Waals surface area contributed by atoms with Crippen molar-refractivity contribution in [1.82, 2.24) is 37.2 Å². The van der Waals surface area contributed by atoms with Gasteiger partial charge in [0.1, 0.15) is 12.1 Å². The van der Waals surface area contributed by atoms with Gasteiger partial charge >= 0.3 is 0 Å². The Morgan fingerprint density at radius 1 is 0.320 bits per heavy atom. The molecule has 0 saturated heterocycles. The molecular weight excluding hydrogens is 985 g/mol. The van der Waals surface area contributed by atoms with Crippen molar-refractivity contribution >= 4 is 29.5 Å². The zero-order valence-electron chi connectivity index (χ0n) is 46.0. The summed E-state index contributed by atoms with van der Waals surface area (Å²) in [4.78, 5) is 63.7. The fraction of sp³-hybridized carbons (Fsp3) is 0.900. The molecule has 0 rings (SSSR count). The summed E-state index contributed by atoms with van der Waals surface area (Å²) in [5.41, 5.74) is 5.68. The molecule has 25 nitrogen and oxygen atoms in total. The van der Waals surface area contributed by atoms with Crippen molar-refractivity contribution < 1.29 is 80.8 Å². The molecule has 0 aromatic heterocycles. The number of primary amides is 1. The Bertz CT molecular complexity index is 1320. The molecule has 0 aromatic carbocycles. The van der Waals surface area contributed by atoms with Gasteiger partial charge in [0.2, 0.25) is 29.5 Å². The molecule has 2 unspecified atom stereocenters. The topological polar surface area (TPSA) is 306 Å². The fourth-order valence-electron chi connectivity index (χ4n) is 6.31. The van der Waals surface area contributed by atoms with Gasteiger partial charge in [-0.2, -0.15) is 0 Å². The van der Waals surface area contributed by atoms with Gasteiger partial charge in [0, 0.05) is 52.0 Å². The SMILES string of the molecule is CNCCCCOCCOCCOCCOCCC(=O)NCCCCC(NC(=O)CCOCCOCCOCCOCCNC)C(=O)NC(CCCCNC(=O)CCOCCOCCOCCOCCNC)C(N)=O. The van der Waals surface area contributed by atoms with Gasteiger partial charge in [-0.15, -0.1) is 0 Å². The number of carbonyl (C=O) groups excluding carboxylic acids is 5. The molecular formula is C50H100N8O17. The van der Waals surface area contributed by atoms with E-state index in [1.54, 1.807) is 0 Å². The molecule has 9 N–H and O–H groups in total. The average molecular weight is 1090 g/mol. The highest BCUT2D eigenvalue weighted by atomic mass is 16.6. The Balaban J connectivity index is 4.60. The number of hydrogen-bond donors (Lipinski definition) is 8. The Kier molecular flexibility index (Phi) is 55.9. The molecule has 0 fully saturated rings. The van der Waals surface area contributed by atoms with E-state index in [1.165, 1.54) is 0 Å². The van der Waals surface area contributed by atoms with E-state index >= 15 is 0 Å². The van der Waals surface area contributed by atoms with Gasteiger partial charge in [-0.1, -0.05) is 0 Å². The van der Waals surface area contributed by atoms with Crippen LogP contribution in [0.1, 0.15) is 70.6 Å². The van der Waals surface area contributed by atoms with Crippen LogP contribution in [0.2, 0.25) is 0 Å². The summed E-state index contributed by atoms with van der Waals surface area (Å²) in [6.45, 7) is 13.6. The third kappa shape index (κ3) is 53.9. The van der Waals surface area contributed by atoms with Crippen LogP contribution >= 0.6 is 0 Å². The molecule has 0 bridgehead atoms. The van der Waals surface area contributed by atoms with Crippen LogP contribution in [0.15, 0.2) is 0 Å². The molecule has 5 amide bonds. The van der Waals surface area contributed by atoms with Crippen LogP contribution in [-0.2, 0) is 80.8 Å². The maximum atomic E-state index is 13.6. The van der Waals surface area contributed by atoms with Gasteiger partial charge in [-0.3, -0.25) is 24.0 Å². The van der Waals surface area contributed by atoms with E-state index in [9.17, 15) is 24.0 Å². The smallest absolute Gasteiger partial charge is 0.243 e. The molecule has 0 saturated carbocycles. The van der Waals surface area contributed by atoms with Crippen molar-refractivity contribution in [3.63, 3.8) is 0 Å². The van der Waals surface area contributed by atoms with Crippen molar-refractivity contribution in [2.24, 2.45) is 5.73 Å². The summed E-state index contributed by atoms with van der Waals surface area (Å²) < 4.78 is 65.7. The van der Waals surface area contributed by atoms with Crippen LogP contribution in [0, 0.1) is 0 Å². The number of ether oxygens (including phenoxy) is 12. The van der Waals surface area contributed by atoms with E-state index in [2.05, 4.69) is 37.2 Å². The molecule has 0 aliphatic heterocycles. The van der Waals surface area contributed by atoms with Crippen LogP contribution in [0.5, 0.6) is 0 Å². The maximum Gasteiger partial charge on any atom is 0.243 e. The minimum atomic E-state index is -0.997. The number of carbonyl (C=O) groups is 5. The van der Waals surface area contributed by atoms with Crippen LogP contribution < -0.4 is 43.0 Å². The monoisotopic (exact) mass is 1080 g/mol. The van der Waals surface area contributed by atoms with Gasteiger partial charge < -0.3 is 99.8 Å². The molecule has 0 aromatic rings. The van der Waals surface area contributed by atoms with E-state index in [4.69, 9.17) is 62.6 Å². The Hall–Kier alpha value is -3.25. The average Bonchev–Trinajstić information content (AvgIpc) is 3.39. The maximum absolute atomic E-state index is 13.6. The predicted molar refractivity (Wildman–Crippen MR) is 281 cm³/mol. The Labute approximate surface area is 447 Å². The zero-order valence-corrected chi connectivity index (χ0v) is 46.0. The summed E-state index contributed by atoms with van der Waals surface area (Å²) in [6, 6.07) is -1.97. The van der Waals surface area contributed by atoms with Crippen LogP contribution in [0.25, 0.3) is 0 Å². The Morgan fingerprint density at radius 3 is 0.987 bits per heavy atom. The molecule has 0 aliphatic carbocycles. The van der Waals surface area contributed by atoms with E-state index in [1.807, 2.05) is 21.1 Å². The van der Waals surface area contributed by atoms with Gasteiger partial charge in [0.25, 0.3) is 0 Å². The van der Waals surface area contributed by atoms with Crippen molar-refractivity contribution in [2.45, 2.75) is 82.7 Å². The van der Waals surface area contributed by atoms with Gasteiger partial charge in [-0.25, -0.2) is 0 Å². The number of likely N-dealkylation sites (N-methyl/N-ethyl adjacent to an activating group) is 2.